The minimum absolute atomic E-state index is 0.491. The van der Waals surface area contributed by atoms with Gasteiger partial charge in [0, 0.05) is 15.6 Å². The Kier molecular flexibility index (Phi) is 5.08. The largest absolute Gasteiger partial charge is 0.329 e. The Morgan fingerprint density at radius 1 is 1.24 bits per heavy atom. The first-order valence-electron chi connectivity index (χ1n) is 6.01. The zero-order valence-corrected chi connectivity index (χ0v) is 12.7. The van der Waals surface area contributed by atoms with Crippen LogP contribution in [-0.2, 0) is 9.59 Å². The van der Waals surface area contributed by atoms with E-state index in [9.17, 15) is 9.59 Å². The highest BCUT2D eigenvalue weighted by molar-refractivity contribution is 7.11. The molecule has 5 nitrogen and oxygen atoms in total. The summed E-state index contributed by atoms with van der Waals surface area (Å²) >= 11 is 7.42. The van der Waals surface area contributed by atoms with Crippen molar-refractivity contribution in [3.8, 4) is 0 Å². The molecule has 0 radical (unpaired) electrons. The summed E-state index contributed by atoms with van der Waals surface area (Å²) in [5.41, 5.74) is 3.35. The Balaban J connectivity index is 1.94. The van der Waals surface area contributed by atoms with Crippen LogP contribution in [0.4, 0.5) is 5.69 Å². The molecule has 2 N–H and O–H groups in total. The van der Waals surface area contributed by atoms with E-state index in [1.165, 1.54) is 17.6 Å². The van der Waals surface area contributed by atoms with Gasteiger partial charge >= 0.3 is 11.8 Å². The third-order valence-corrected chi connectivity index (χ3v) is 3.84. The average molecular weight is 322 g/mol. The summed E-state index contributed by atoms with van der Waals surface area (Å²) in [7, 11) is 0. The van der Waals surface area contributed by atoms with Gasteiger partial charge in [-0.2, -0.15) is 5.10 Å². The third-order valence-electron chi connectivity index (χ3n) is 2.62. The Labute approximate surface area is 130 Å². The number of benzene rings is 1. The zero-order valence-electron chi connectivity index (χ0n) is 11.1. The minimum atomic E-state index is -0.845. The summed E-state index contributed by atoms with van der Waals surface area (Å²) < 4.78 is 0. The van der Waals surface area contributed by atoms with Gasteiger partial charge in [0.25, 0.3) is 0 Å². The first kappa shape index (κ1) is 15.2. The summed E-state index contributed by atoms with van der Waals surface area (Å²) in [5, 5.41) is 8.61. The van der Waals surface area contributed by atoms with E-state index in [4.69, 9.17) is 11.6 Å². The van der Waals surface area contributed by atoms with E-state index in [2.05, 4.69) is 15.8 Å². The molecule has 0 bridgehead atoms. The second-order valence-corrected chi connectivity index (χ2v) is 5.47. The maximum Gasteiger partial charge on any atom is 0.329 e. The first-order valence-corrected chi connectivity index (χ1v) is 7.26. The van der Waals surface area contributed by atoms with Gasteiger partial charge in [-0.05, 0) is 36.1 Å². The Morgan fingerprint density at radius 2 is 2.05 bits per heavy atom. The van der Waals surface area contributed by atoms with Gasteiger partial charge < -0.3 is 5.32 Å². The number of nitrogens with one attached hydrogen (secondary N) is 2. The molecule has 1 aromatic carbocycles. The van der Waals surface area contributed by atoms with E-state index in [0.717, 1.165) is 4.88 Å². The summed E-state index contributed by atoms with van der Waals surface area (Å²) in [6.45, 7) is 1.75. The monoisotopic (exact) mass is 321 g/mol. The Hall–Kier alpha value is -2.18. The first-order chi connectivity index (χ1) is 10.1. The lowest BCUT2D eigenvalue weighted by molar-refractivity contribution is -0.136. The molecule has 0 atom stereocenters. The van der Waals surface area contributed by atoms with Crippen LogP contribution < -0.4 is 10.7 Å². The second-order valence-electron chi connectivity index (χ2n) is 4.08. The lowest BCUT2D eigenvalue weighted by atomic mass is 10.2. The summed E-state index contributed by atoms with van der Waals surface area (Å²) in [5.74, 6) is -1.65. The normalized spacial score (nSPS) is 10.6. The van der Waals surface area contributed by atoms with E-state index in [0.29, 0.717) is 16.3 Å². The highest BCUT2D eigenvalue weighted by Crippen LogP contribution is 2.22. The van der Waals surface area contributed by atoms with E-state index >= 15 is 0 Å². The molecule has 0 aliphatic rings. The van der Waals surface area contributed by atoms with Gasteiger partial charge in [0.2, 0.25) is 0 Å². The number of anilines is 1. The Morgan fingerprint density at radius 3 is 2.76 bits per heavy atom. The van der Waals surface area contributed by atoms with E-state index < -0.39 is 11.8 Å². The molecule has 0 aliphatic carbocycles. The predicted molar refractivity (Wildman–Crippen MR) is 84.9 cm³/mol. The van der Waals surface area contributed by atoms with Crippen LogP contribution in [0, 0.1) is 6.92 Å². The molecule has 7 heteroatoms. The van der Waals surface area contributed by atoms with E-state index in [1.807, 2.05) is 17.5 Å². The molecule has 0 unspecified atom stereocenters. The van der Waals surface area contributed by atoms with Gasteiger partial charge in [-0.15, -0.1) is 11.3 Å². The zero-order chi connectivity index (χ0) is 15.2. The van der Waals surface area contributed by atoms with Crippen molar-refractivity contribution >= 4 is 46.7 Å². The van der Waals surface area contributed by atoms with Crippen molar-refractivity contribution in [2.24, 2.45) is 5.10 Å². The smallest absolute Gasteiger partial charge is 0.317 e. The molecule has 0 spiro atoms. The standard InChI is InChI=1S/C14H12ClN3O2S/c1-9-11(15)5-2-6-12(9)17-13(19)14(20)18-16-8-10-4-3-7-21-10/h2-8H,1H3,(H,17,19)(H,18,20). The van der Waals surface area contributed by atoms with Gasteiger partial charge in [-0.1, -0.05) is 23.7 Å². The fourth-order valence-corrected chi connectivity index (χ4v) is 2.25. The van der Waals surface area contributed by atoms with Crippen molar-refractivity contribution in [1.29, 1.82) is 0 Å². The van der Waals surface area contributed by atoms with Crippen molar-refractivity contribution in [1.82, 2.24) is 5.43 Å². The molecule has 2 aromatic rings. The summed E-state index contributed by atoms with van der Waals surface area (Å²) in [6.07, 6.45) is 1.47. The lowest BCUT2D eigenvalue weighted by Crippen LogP contribution is -2.32. The maximum absolute atomic E-state index is 11.7. The molecule has 1 heterocycles. The molecule has 0 fully saturated rings. The third kappa shape index (κ3) is 4.14. The number of carbonyl (C=O) groups excluding carboxylic acids is 2. The van der Waals surface area contributed by atoms with Crippen LogP contribution >= 0.6 is 22.9 Å². The van der Waals surface area contributed by atoms with Gasteiger partial charge in [0.15, 0.2) is 0 Å². The number of hydrogen-bond acceptors (Lipinski definition) is 4. The Bertz CT molecular complexity index is 684. The van der Waals surface area contributed by atoms with Crippen LogP contribution in [0.5, 0.6) is 0 Å². The van der Waals surface area contributed by atoms with Crippen molar-refractivity contribution < 1.29 is 9.59 Å². The topological polar surface area (TPSA) is 70.6 Å². The minimum Gasteiger partial charge on any atom is -0.317 e. The highest BCUT2D eigenvalue weighted by atomic mass is 35.5. The van der Waals surface area contributed by atoms with E-state index in [1.54, 1.807) is 25.1 Å². The predicted octanol–water partition coefficient (Wildman–Crippen LogP) is 2.80. The average Bonchev–Trinajstić information content (AvgIpc) is 2.97. The molecular weight excluding hydrogens is 310 g/mol. The molecule has 108 valence electrons. The molecule has 1 aromatic heterocycles. The number of hydrazone groups is 1. The second kappa shape index (κ2) is 7.01. The van der Waals surface area contributed by atoms with Crippen LogP contribution in [0.1, 0.15) is 10.4 Å². The quantitative estimate of drug-likeness (QED) is 0.518. The number of rotatable bonds is 3. The number of halogens is 1. The summed E-state index contributed by atoms with van der Waals surface area (Å²) in [6, 6.07) is 8.77. The van der Waals surface area contributed by atoms with Crippen molar-refractivity contribution in [3.05, 3.63) is 51.2 Å². The molecular formula is C14H12ClN3O2S. The van der Waals surface area contributed by atoms with Crippen molar-refractivity contribution in [3.63, 3.8) is 0 Å². The van der Waals surface area contributed by atoms with Gasteiger partial charge in [0.05, 0.1) is 6.21 Å². The summed E-state index contributed by atoms with van der Waals surface area (Å²) in [4.78, 5) is 24.2. The molecule has 0 saturated carbocycles. The van der Waals surface area contributed by atoms with Crippen LogP contribution in [0.15, 0.2) is 40.8 Å². The van der Waals surface area contributed by atoms with Crippen molar-refractivity contribution in [2.45, 2.75) is 6.92 Å². The fraction of sp³-hybridized carbons (Fsp3) is 0.0714. The molecule has 2 rings (SSSR count). The van der Waals surface area contributed by atoms with Crippen LogP contribution in [0.25, 0.3) is 0 Å². The number of thiophene rings is 1. The molecule has 21 heavy (non-hydrogen) atoms. The van der Waals surface area contributed by atoms with Crippen molar-refractivity contribution in [2.75, 3.05) is 5.32 Å². The van der Waals surface area contributed by atoms with Crippen LogP contribution in [0.3, 0.4) is 0 Å². The van der Waals surface area contributed by atoms with Gasteiger partial charge in [-0.25, -0.2) is 5.43 Å². The molecule has 0 aliphatic heterocycles. The number of hydrogen-bond donors (Lipinski definition) is 2. The molecule has 2 amide bonds. The maximum atomic E-state index is 11.7. The molecule has 0 saturated heterocycles. The van der Waals surface area contributed by atoms with Crippen LogP contribution in [0.2, 0.25) is 5.02 Å². The van der Waals surface area contributed by atoms with Gasteiger partial charge in [0.1, 0.15) is 0 Å². The van der Waals surface area contributed by atoms with Gasteiger partial charge in [-0.3, -0.25) is 9.59 Å². The number of carbonyl (C=O) groups is 2. The number of amides is 2. The number of nitrogens with zero attached hydrogens (tertiary/aromatic N) is 1. The van der Waals surface area contributed by atoms with E-state index in [-0.39, 0.29) is 0 Å². The highest BCUT2D eigenvalue weighted by Gasteiger charge is 2.14. The van der Waals surface area contributed by atoms with Crippen LogP contribution in [-0.4, -0.2) is 18.0 Å². The fourth-order valence-electron chi connectivity index (χ4n) is 1.49. The SMILES string of the molecule is Cc1c(Cl)cccc1NC(=O)C(=O)NN=Cc1cccs1. The lowest BCUT2D eigenvalue weighted by Gasteiger charge is -2.08.